The maximum Gasteiger partial charge on any atom is 0.673 e. The molecule has 1 aromatic rings. The van der Waals surface area contributed by atoms with Crippen molar-refractivity contribution in [1.29, 1.82) is 0 Å². The Morgan fingerprint density at radius 3 is 2.08 bits per heavy atom. The summed E-state index contributed by atoms with van der Waals surface area (Å²) in [6.45, 7) is 8.86. The number of hydrogen-bond donors (Lipinski definition) is 2. The van der Waals surface area contributed by atoms with Crippen LogP contribution in [0.2, 0.25) is 0 Å². The Balaban J connectivity index is 0.000000922. The Morgan fingerprint density at radius 1 is 1.17 bits per heavy atom. The van der Waals surface area contributed by atoms with Crippen LogP contribution in [0, 0.1) is 0 Å². The van der Waals surface area contributed by atoms with Gasteiger partial charge in [0.15, 0.2) is 0 Å². The number of hydrogen-bond acceptors (Lipinski definition) is 2. The minimum Gasteiger partial charge on any atom is -0.418 e. The van der Waals surface area contributed by atoms with E-state index in [1.807, 2.05) is 27.7 Å². The van der Waals surface area contributed by atoms with Gasteiger partial charge in [0.25, 0.3) is 0 Å². The van der Waals surface area contributed by atoms with Crippen LogP contribution in [-0.4, -0.2) is 37.0 Å². The predicted molar refractivity (Wildman–Crippen MR) is 82.5 cm³/mol. The summed E-state index contributed by atoms with van der Waals surface area (Å²) in [5.74, 6) is 0.805. The lowest BCUT2D eigenvalue weighted by Gasteiger charge is -2.10. The smallest absolute Gasteiger partial charge is 0.418 e. The van der Waals surface area contributed by atoms with E-state index in [1.54, 1.807) is 12.4 Å². The van der Waals surface area contributed by atoms with Gasteiger partial charge < -0.3 is 22.6 Å². The van der Waals surface area contributed by atoms with Crippen molar-refractivity contribution in [3.8, 4) is 0 Å². The molecule has 2 amide bonds. The number of carbonyl (C=O) groups is 2. The Kier molecular flexibility index (Phi) is 9.08. The van der Waals surface area contributed by atoms with Crippen molar-refractivity contribution in [2.75, 3.05) is 13.1 Å². The van der Waals surface area contributed by atoms with E-state index in [4.69, 9.17) is 0 Å². The van der Waals surface area contributed by atoms with Crippen LogP contribution in [0.4, 0.5) is 26.9 Å². The van der Waals surface area contributed by atoms with Gasteiger partial charge in [-0.3, -0.25) is 5.32 Å². The van der Waals surface area contributed by atoms with Gasteiger partial charge in [0, 0.05) is 12.5 Å². The minimum absolute atomic E-state index is 0.111. The molecule has 138 valence electrons. The number of carbonyl (C=O) groups excluding carboxylic acids is 2. The molecule has 0 aliphatic rings. The van der Waals surface area contributed by atoms with Gasteiger partial charge in [-0.2, -0.15) is 9.13 Å². The average Bonchev–Trinajstić information content (AvgIpc) is 2.90. The molecular formula is C13H23BF4N4O2. The first-order valence-corrected chi connectivity index (χ1v) is 7.63. The van der Waals surface area contributed by atoms with Crippen molar-refractivity contribution in [2.24, 2.45) is 0 Å². The lowest BCUT2D eigenvalue weighted by atomic mass is 10.1. The molecule has 0 saturated carbocycles. The zero-order valence-electron chi connectivity index (χ0n) is 14.2. The lowest BCUT2D eigenvalue weighted by Crippen LogP contribution is -2.53. The second-order valence-corrected chi connectivity index (χ2v) is 4.87. The quantitative estimate of drug-likeness (QED) is 0.496. The fraction of sp³-hybridized carbons (Fsp3) is 0.615. The molecule has 0 spiro atoms. The van der Waals surface area contributed by atoms with Crippen molar-refractivity contribution < 1.29 is 31.4 Å². The molecule has 0 radical (unpaired) electrons. The van der Waals surface area contributed by atoms with E-state index in [1.165, 1.54) is 9.13 Å². The minimum atomic E-state index is -6.00. The molecule has 0 aliphatic heterocycles. The highest BCUT2D eigenvalue weighted by Crippen LogP contribution is 2.15. The maximum atomic E-state index is 12.0. The highest BCUT2D eigenvalue weighted by molar-refractivity contribution is 6.50. The monoisotopic (exact) mass is 354 g/mol. The van der Waals surface area contributed by atoms with E-state index in [0.717, 1.165) is 6.42 Å². The number of nitrogens with zero attached hydrogens (tertiary/aromatic N) is 2. The van der Waals surface area contributed by atoms with Crippen LogP contribution >= 0.6 is 0 Å². The predicted octanol–water partition coefficient (Wildman–Crippen LogP) is 2.74. The van der Waals surface area contributed by atoms with Crippen LogP contribution < -0.4 is 15.2 Å². The molecule has 1 aromatic heterocycles. The van der Waals surface area contributed by atoms with Gasteiger partial charge >= 0.3 is 19.3 Å². The molecule has 0 aliphatic carbocycles. The van der Waals surface area contributed by atoms with E-state index >= 15 is 0 Å². The van der Waals surface area contributed by atoms with Gasteiger partial charge in [0.1, 0.15) is 12.4 Å². The van der Waals surface area contributed by atoms with E-state index < -0.39 is 7.25 Å². The zero-order valence-corrected chi connectivity index (χ0v) is 14.2. The molecule has 11 heteroatoms. The van der Waals surface area contributed by atoms with Crippen molar-refractivity contribution in [2.45, 2.75) is 40.0 Å². The molecule has 0 fully saturated rings. The summed E-state index contributed by atoms with van der Waals surface area (Å²) >= 11 is 0. The SMILES string of the molecule is CCNC(=O)n1cc[n+](C(=O)NCC)c1C(C)CC.F[B-](F)(F)F. The summed E-state index contributed by atoms with van der Waals surface area (Å²) in [5, 5.41) is 5.49. The Hall–Kier alpha value is -2.07. The fourth-order valence-electron chi connectivity index (χ4n) is 1.88. The first kappa shape index (κ1) is 21.9. The van der Waals surface area contributed by atoms with E-state index in [0.29, 0.717) is 18.9 Å². The largest absolute Gasteiger partial charge is 0.673 e. The van der Waals surface area contributed by atoms with Gasteiger partial charge in [-0.15, -0.1) is 0 Å². The van der Waals surface area contributed by atoms with Crippen LogP contribution in [0.3, 0.4) is 0 Å². The Bertz CT molecular complexity index is 507. The highest BCUT2D eigenvalue weighted by atomic mass is 19.5. The van der Waals surface area contributed by atoms with Crippen LogP contribution in [0.25, 0.3) is 0 Å². The first-order valence-electron chi connectivity index (χ1n) is 7.63. The number of nitrogens with one attached hydrogen (secondary N) is 2. The van der Waals surface area contributed by atoms with E-state index in [2.05, 4.69) is 10.6 Å². The van der Waals surface area contributed by atoms with Gasteiger partial charge in [0.2, 0.25) is 5.82 Å². The normalized spacial score (nSPS) is 12.0. The Labute approximate surface area is 138 Å². The molecular weight excluding hydrogens is 331 g/mol. The maximum absolute atomic E-state index is 12.0. The molecule has 1 rings (SSSR count). The number of rotatable bonds is 4. The molecule has 0 aromatic carbocycles. The average molecular weight is 354 g/mol. The van der Waals surface area contributed by atoms with E-state index in [-0.39, 0.29) is 18.0 Å². The van der Waals surface area contributed by atoms with Crippen LogP contribution in [0.1, 0.15) is 45.9 Å². The summed E-state index contributed by atoms with van der Waals surface area (Å²) in [4.78, 5) is 24.0. The molecule has 1 unspecified atom stereocenters. The van der Waals surface area contributed by atoms with E-state index in [9.17, 15) is 26.9 Å². The second-order valence-electron chi connectivity index (χ2n) is 4.87. The summed E-state index contributed by atoms with van der Waals surface area (Å²) in [7, 11) is -6.00. The highest BCUT2D eigenvalue weighted by Gasteiger charge is 2.27. The van der Waals surface area contributed by atoms with Crippen LogP contribution in [-0.2, 0) is 0 Å². The number of aromatic nitrogens is 2. The molecule has 24 heavy (non-hydrogen) atoms. The van der Waals surface area contributed by atoms with Gasteiger partial charge in [-0.25, -0.2) is 9.59 Å². The zero-order chi connectivity index (χ0) is 18.9. The van der Waals surface area contributed by atoms with Gasteiger partial charge in [-0.1, -0.05) is 13.8 Å². The molecule has 0 bridgehead atoms. The van der Waals surface area contributed by atoms with Crippen molar-refractivity contribution >= 4 is 19.3 Å². The van der Waals surface area contributed by atoms with Crippen molar-refractivity contribution in [3.63, 3.8) is 0 Å². The third-order valence-electron chi connectivity index (χ3n) is 3.01. The van der Waals surface area contributed by atoms with Gasteiger partial charge in [-0.05, 0) is 20.3 Å². The Morgan fingerprint density at radius 2 is 1.67 bits per heavy atom. The number of imidazole rings is 1. The molecule has 6 nitrogen and oxygen atoms in total. The number of halogens is 4. The molecule has 1 atom stereocenters. The summed E-state index contributed by atoms with van der Waals surface area (Å²) in [6, 6.07) is -0.415. The second kappa shape index (κ2) is 9.94. The molecule has 1 heterocycles. The lowest BCUT2D eigenvalue weighted by molar-refractivity contribution is -0.581. The molecule has 2 N–H and O–H groups in total. The summed E-state index contributed by atoms with van der Waals surface area (Å²) in [5.41, 5.74) is 0. The van der Waals surface area contributed by atoms with Crippen LogP contribution in [0.5, 0.6) is 0 Å². The number of amides is 2. The van der Waals surface area contributed by atoms with Crippen LogP contribution in [0.15, 0.2) is 12.4 Å². The topological polar surface area (TPSA) is 67.0 Å². The van der Waals surface area contributed by atoms with Crippen molar-refractivity contribution in [3.05, 3.63) is 18.2 Å². The summed E-state index contributed by atoms with van der Waals surface area (Å²) in [6.07, 6.45) is 4.10. The van der Waals surface area contributed by atoms with Crippen molar-refractivity contribution in [1.82, 2.24) is 15.2 Å². The molecule has 0 saturated heterocycles. The first-order chi connectivity index (χ1) is 11.1. The summed E-state index contributed by atoms with van der Waals surface area (Å²) < 4.78 is 42.0. The third-order valence-corrected chi connectivity index (χ3v) is 3.01. The fourth-order valence-corrected chi connectivity index (χ4v) is 1.88. The standard InChI is InChI=1S/C13H22N4O2.BF4/c1-5-10(4)11-16(12(18)14-6-2)8-9-17(11)13(19)15-7-3;2-1(3,4)5/h8-10H,5-7H2,1-4H3,(H-,14,15,18,19);/q;-1/p+1. The van der Waals surface area contributed by atoms with Gasteiger partial charge in [0.05, 0.1) is 6.54 Å². The third kappa shape index (κ3) is 7.47.